The van der Waals surface area contributed by atoms with Crippen molar-refractivity contribution in [1.29, 1.82) is 0 Å². The summed E-state index contributed by atoms with van der Waals surface area (Å²) in [4.78, 5) is 25.9. The molecule has 1 aromatic rings. The third kappa shape index (κ3) is 3.92. The van der Waals surface area contributed by atoms with Gasteiger partial charge in [0.1, 0.15) is 5.56 Å². The lowest BCUT2D eigenvalue weighted by Crippen LogP contribution is -2.36. The van der Waals surface area contributed by atoms with Gasteiger partial charge in [-0.2, -0.15) is 0 Å². The minimum atomic E-state index is -0.355. The molecule has 5 nitrogen and oxygen atoms in total. The van der Waals surface area contributed by atoms with Gasteiger partial charge in [-0.3, -0.25) is 9.59 Å². The molecule has 1 fully saturated rings. The summed E-state index contributed by atoms with van der Waals surface area (Å²) in [5, 5.41) is 2.85. The Morgan fingerprint density at radius 2 is 2.47 bits per heavy atom. The maximum Gasteiger partial charge on any atom is 0.260 e. The highest BCUT2D eigenvalue weighted by atomic mass is 16.5. The van der Waals surface area contributed by atoms with Gasteiger partial charge >= 0.3 is 0 Å². The zero-order valence-electron chi connectivity index (χ0n) is 11.1. The zero-order valence-corrected chi connectivity index (χ0v) is 11.1. The molecule has 1 aliphatic rings. The van der Waals surface area contributed by atoms with E-state index in [4.69, 9.17) is 4.74 Å². The van der Waals surface area contributed by atoms with E-state index in [1.54, 1.807) is 6.07 Å². The molecule has 104 valence electrons. The summed E-state index contributed by atoms with van der Waals surface area (Å²) in [6.45, 7) is 2.80. The number of hydrogen-bond donors (Lipinski definition) is 2. The average molecular weight is 264 g/mol. The molecule has 0 spiro atoms. The fourth-order valence-corrected chi connectivity index (χ4v) is 2.28. The van der Waals surface area contributed by atoms with Gasteiger partial charge in [0, 0.05) is 18.8 Å². The van der Waals surface area contributed by atoms with Gasteiger partial charge in [-0.1, -0.05) is 0 Å². The van der Waals surface area contributed by atoms with Crippen molar-refractivity contribution in [3.63, 3.8) is 0 Å². The van der Waals surface area contributed by atoms with Crippen LogP contribution in [-0.4, -0.2) is 29.6 Å². The second-order valence-corrected chi connectivity index (χ2v) is 5.00. The van der Waals surface area contributed by atoms with Crippen LogP contribution in [0.4, 0.5) is 0 Å². The number of H-pyrrole nitrogens is 1. The van der Waals surface area contributed by atoms with Gasteiger partial charge in [0.15, 0.2) is 0 Å². The number of pyridine rings is 1. The Kier molecular flexibility index (Phi) is 4.74. The van der Waals surface area contributed by atoms with Gasteiger partial charge < -0.3 is 15.0 Å². The van der Waals surface area contributed by atoms with E-state index in [0.29, 0.717) is 6.10 Å². The first-order valence-corrected chi connectivity index (χ1v) is 6.77. The summed E-state index contributed by atoms with van der Waals surface area (Å²) in [7, 11) is 0. The zero-order chi connectivity index (χ0) is 13.7. The molecule has 1 saturated heterocycles. The molecular weight excluding hydrogens is 244 g/mol. The van der Waals surface area contributed by atoms with Crippen molar-refractivity contribution in [2.45, 2.75) is 44.8 Å². The molecule has 0 bridgehead atoms. The summed E-state index contributed by atoms with van der Waals surface area (Å²) >= 11 is 0. The van der Waals surface area contributed by atoms with E-state index in [0.717, 1.165) is 32.3 Å². The normalized spacial score (nSPS) is 20.2. The Balaban J connectivity index is 1.81. The van der Waals surface area contributed by atoms with Crippen molar-refractivity contribution < 1.29 is 9.53 Å². The molecule has 1 aromatic heterocycles. The molecule has 0 aromatic carbocycles. The van der Waals surface area contributed by atoms with Gasteiger partial charge in [0.05, 0.1) is 6.10 Å². The maximum absolute atomic E-state index is 11.9. The number of hydrogen-bond acceptors (Lipinski definition) is 3. The second kappa shape index (κ2) is 6.52. The van der Waals surface area contributed by atoms with Crippen LogP contribution in [0.25, 0.3) is 0 Å². The number of aromatic nitrogens is 1. The highest BCUT2D eigenvalue weighted by molar-refractivity contribution is 5.93. The first-order chi connectivity index (χ1) is 9.16. The smallest absolute Gasteiger partial charge is 0.260 e. The topological polar surface area (TPSA) is 71.2 Å². The lowest BCUT2D eigenvalue weighted by Gasteiger charge is -2.16. The lowest BCUT2D eigenvalue weighted by atomic mass is 10.1. The molecule has 0 radical (unpaired) electrons. The molecule has 0 unspecified atom stereocenters. The van der Waals surface area contributed by atoms with E-state index >= 15 is 0 Å². The summed E-state index contributed by atoms with van der Waals surface area (Å²) in [5.41, 5.74) is -0.196. The van der Waals surface area contributed by atoms with Crippen molar-refractivity contribution in [3.8, 4) is 0 Å². The minimum Gasteiger partial charge on any atom is -0.378 e. The van der Waals surface area contributed by atoms with Gasteiger partial charge in [0.25, 0.3) is 11.5 Å². The number of ether oxygens (including phenoxy) is 1. The van der Waals surface area contributed by atoms with Crippen LogP contribution in [0, 0.1) is 0 Å². The first kappa shape index (κ1) is 13.8. The number of rotatable bonds is 5. The summed E-state index contributed by atoms with van der Waals surface area (Å²) in [6.07, 6.45) is 5.90. The number of carbonyl (C=O) groups excluding carboxylic acids is 1. The molecular formula is C14H20N2O3. The quantitative estimate of drug-likeness (QED) is 0.845. The number of nitrogens with one attached hydrogen (secondary N) is 2. The van der Waals surface area contributed by atoms with Crippen LogP contribution in [0.5, 0.6) is 0 Å². The molecule has 5 heteroatoms. The predicted octanol–water partition coefficient (Wildman–Crippen LogP) is 1.45. The van der Waals surface area contributed by atoms with E-state index in [-0.39, 0.29) is 23.1 Å². The standard InChI is InChI=1S/C14H20N2O3/c1-10(6-7-11-4-3-9-19-11)16-14(18)12-5-2-8-15-13(12)17/h2,5,8,10-11H,3-4,6-7,9H2,1H3,(H,15,17)(H,16,18)/t10-,11+/m0/s1. The van der Waals surface area contributed by atoms with Crippen LogP contribution >= 0.6 is 0 Å². The van der Waals surface area contributed by atoms with Crippen LogP contribution in [0.2, 0.25) is 0 Å². The number of amides is 1. The Labute approximate surface area is 112 Å². The molecule has 2 heterocycles. The average Bonchev–Trinajstić information content (AvgIpc) is 2.90. The van der Waals surface area contributed by atoms with E-state index < -0.39 is 0 Å². The molecule has 1 aliphatic heterocycles. The summed E-state index contributed by atoms with van der Waals surface area (Å²) < 4.78 is 5.54. The maximum atomic E-state index is 11.9. The van der Waals surface area contributed by atoms with E-state index in [1.165, 1.54) is 12.3 Å². The third-order valence-electron chi connectivity index (χ3n) is 3.39. The van der Waals surface area contributed by atoms with E-state index in [1.807, 2.05) is 6.92 Å². The van der Waals surface area contributed by atoms with Gasteiger partial charge in [-0.15, -0.1) is 0 Å². The van der Waals surface area contributed by atoms with E-state index in [9.17, 15) is 9.59 Å². The van der Waals surface area contributed by atoms with Crippen molar-refractivity contribution in [3.05, 3.63) is 34.2 Å². The SMILES string of the molecule is C[C@@H](CC[C@H]1CCCO1)NC(=O)c1ccc[nH]c1=O. The molecule has 0 saturated carbocycles. The molecule has 2 N–H and O–H groups in total. The van der Waals surface area contributed by atoms with Crippen molar-refractivity contribution in [1.82, 2.24) is 10.3 Å². The van der Waals surface area contributed by atoms with Crippen LogP contribution in [0.1, 0.15) is 43.0 Å². The fraction of sp³-hybridized carbons (Fsp3) is 0.571. The first-order valence-electron chi connectivity index (χ1n) is 6.77. The van der Waals surface area contributed by atoms with Gasteiger partial charge in [-0.25, -0.2) is 0 Å². The summed E-state index contributed by atoms with van der Waals surface area (Å²) in [6, 6.07) is 3.21. The Morgan fingerprint density at radius 1 is 1.63 bits per heavy atom. The van der Waals surface area contributed by atoms with Crippen LogP contribution in [0.15, 0.2) is 23.1 Å². The monoisotopic (exact) mass is 264 g/mol. The van der Waals surface area contributed by atoms with Crippen LogP contribution in [-0.2, 0) is 4.74 Å². The van der Waals surface area contributed by atoms with Crippen LogP contribution < -0.4 is 10.9 Å². The Hall–Kier alpha value is -1.62. The van der Waals surface area contributed by atoms with Crippen molar-refractivity contribution >= 4 is 5.91 Å². The second-order valence-electron chi connectivity index (χ2n) is 5.00. The van der Waals surface area contributed by atoms with Crippen molar-refractivity contribution in [2.24, 2.45) is 0 Å². The molecule has 2 rings (SSSR count). The largest absolute Gasteiger partial charge is 0.378 e. The molecule has 0 aliphatic carbocycles. The number of aromatic amines is 1. The third-order valence-corrected chi connectivity index (χ3v) is 3.39. The fourth-order valence-electron chi connectivity index (χ4n) is 2.28. The highest BCUT2D eigenvalue weighted by Gasteiger charge is 2.18. The lowest BCUT2D eigenvalue weighted by molar-refractivity contribution is 0.0898. The molecule has 19 heavy (non-hydrogen) atoms. The minimum absolute atomic E-state index is 0.0382. The number of carbonyl (C=O) groups is 1. The highest BCUT2D eigenvalue weighted by Crippen LogP contribution is 2.17. The van der Waals surface area contributed by atoms with Crippen LogP contribution in [0.3, 0.4) is 0 Å². The Bertz CT molecular complexity index is 478. The van der Waals surface area contributed by atoms with Gasteiger partial charge in [0.2, 0.25) is 0 Å². The Morgan fingerprint density at radius 3 is 3.16 bits per heavy atom. The van der Waals surface area contributed by atoms with Gasteiger partial charge in [-0.05, 0) is 44.7 Å². The predicted molar refractivity (Wildman–Crippen MR) is 72.2 cm³/mol. The van der Waals surface area contributed by atoms with Crippen molar-refractivity contribution in [2.75, 3.05) is 6.61 Å². The molecule has 1 amide bonds. The molecule has 2 atom stereocenters. The summed E-state index contributed by atoms with van der Waals surface area (Å²) in [5.74, 6) is -0.318. The van der Waals surface area contributed by atoms with E-state index in [2.05, 4.69) is 10.3 Å².